The molecule has 2 rings (SSSR count). The monoisotopic (exact) mass is 302 g/mol. The molecule has 0 aliphatic heterocycles. The van der Waals surface area contributed by atoms with Crippen molar-refractivity contribution in [1.29, 1.82) is 0 Å². The summed E-state index contributed by atoms with van der Waals surface area (Å²) in [6.07, 6.45) is 0. The molecule has 0 aliphatic carbocycles. The van der Waals surface area contributed by atoms with Gasteiger partial charge >= 0.3 is 0 Å². The van der Waals surface area contributed by atoms with Gasteiger partial charge in [0.2, 0.25) is 0 Å². The van der Waals surface area contributed by atoms with Crippen LogP contribution in [-0.2, 0) is 0 Å². The number of nitrogens with one attached hydrogen (secondary N) is 1. The largest absolute Gasteiger partial charge is 0.496 e. The van der Waals surface area contributed by atoms with E-state index in [1.165, 1.54) is 7.11 Å². The number of hydrogen-bond acceptors (Lipinski definition) is 4. The molecule has 0 heterocycles. The van der Waals surface area contributed by atoms with E-state index in [9.17, 15) is 4.79 Å². The average molecular weight is 302 g/mol. The van der Waals surface area contributed by atoms with Crippen molar-refractivity contribution in [2.75, 3.05) is 23.9 Å². The number of benzene rings is 2. The fraction of sp³-hybridized carbons (Fsp3) is 0.188. The third-order valence-electron chi connectivity index (χ3n) is 2.94. The lowest BCUT2D eigenvalue weighted by atomic mass is 10.1. The molecule has 4 nitrogen and oxygen atoms in total. The standard InChI is InChI=1S/C16H18N2O2S/c1-3-21-14-10-5-4-8-12(14)18-16(19)15-11(17)7-6-9-13(15)20-2/h4-10H,3,17H2,1-2H3,(H,18,19). The molecule has 0 unspecified atom stereocenters. The first-order chi connectivity index (χ1) is 10.2. The first kappa shape index (κ1) is 15.3. The van der Waals surface area contributed by atoms with Gasteiger partial charge in [-0.3, -0.25) is 4.79 Å². The summed E-state index contributed by atoms with van der Waals surface area (Å²) in [4.78, 5) is 13.5. The van der Waals surface area contributed by atoms with Crippen LogP contribution in [0.1, 0.15) is 17.3 Å². The fourth-order valence-electron chi connectivity index (χ4n) is 2.00. The first-order valence-electron chi connectivity index (χ1n) is 6.63. The minimum Gasteiger partial charge on any atom is -0.496 e. The van der Waals surface area contributed by atoms with Gasteiger partial charge in [-0.2, -0.15) is 0 Å². The summed E-state index contributed by atoms with van der Waals surface area (Å²) in [6.45, 7) is 2.07. The predicted molar refractivity (Wildman–Crippen MR) is 88.2 cm³/mol. The number of thioether (sulfide) groups is 1. The van der Waals surface area contributed by atoms with E-state index in [1.54, 1.807) is 30.0 Å². The highest BCUT2D eigenvalue weighted by Crippen LogP contribution is 2.29. The lowest BCUT2D eigenvalue weighted by molar-refractivity contribution is 0.102. The number of carbonyl (C=O) groups excluding carboxylic acids is 1. The number of hydrogen-bond donors (Lipinski definition) is 2. The number of methoxy groups -OCH3 is 1. The van der Waals surface area contributed by atoms with Gasteiger partial charge in [-0.25, -0.2) is 0 Å². The van der Waals surface area contributed by atoms with Crippen LogP contribution in [0.15, 0.2) is 47.4 Å². The number of nitrogen functional groups attached to an aromatic ring is 1. The summed E-state index contributed by atoms with van der Waals surface area (Å²) in [7, 11) is 1.52. The third-order valence-corrected chi connectivity index (χ3v) is 3.90. The summed E-state index contributed by atoms with van der Waals surface area (Å²) < 4.78 is 5.22. The molecule has 0 aliphatic rings. The second-order valence-corrected chi connectivity index (χ2v) is 5.61. The molecule has 1 amide bonds. The molecule has 0 spiro atoms. The summed E-state index contributed by atoms with van der Waals surface area (Å²) in [5, 5.41) is 2.91. The number of para-hydroxylation sites is 1. The molecule has 21 heavy (non-hydrogen) atoms. The number of amides is 1. The van der Waals surface area contributed by atoms with E-state index in [-0.39, 0.29) is 5.91 Å². The van der Waals surface area contributed by atoms with Crippen LogP contribution in [-0.4, -0.2) is 18.8 Å². The van der Waals surface area contributed by atoms with Gasteiger partial charge in [-0.1, -0.05) is 25.1 Å². The predicted octanol–water partition coefficient (Wildman–Crippen LogP) is 3.64. The summed E-state index contributed by atoms with van der Waals surface area (Å²) in [6, 6.07) is 12.9. The van der Waals surface area contributed by atoms with Crippen molar-refractivity contribution in [2.45, 2.75) is 11.8 Å². The van der Waals surface area contributed by atoms with Crippen LogP contribution >= 0.6 is 11.8 Å². The summed E-state index contributed by atoms with van der Waals surface area (Å²) in [5.74, 6) is 1.13. The number of carbonyl (C=O) groups is 1. The molecule has 3 N–H and O–H groups in total. The highest BCUT2D eigenvalue weighted by atomic mass is 32.2. The Bertz CT molecular complexity index is 644. The maximum absolute atomic E-state index is 12.5. The van der Waals surface area contributed by atoms with Gasteiger partial charge < -0.3 is 15.8 Å². The summed E-state index contributed by atoms with van der Waals surface area (Å²) in [5.41, 5.74) is 7.43. The van der Waals surface area contributed by atoms with E-state index < -0.39 is 0 Å². The normalized spacial score (nSPS) is 10.2. The van der Waals surface area contributed by atoms with Gasteiger partial charge in [0.1, 0.15) is 11.3 Å². The van der Waals surface area contributed by atoms with Crippen LogP contribution < -0.4 is 15.8 Å². The van der Waals surface area contributed by atoms with Gasteiger partial charge in [0.25, 0.3) is 5.91 Å². The van der Waals surface area contributed by atoms with Crippen LogP contribution in [0.2, 0.25) is 0 Å². The number of anilines is 2. The molecule has 0 bridgehead atoms. The molecule has 0 radical (unpaired) electrons. The Morgan fingerprint density at radius 1 is 1.24 bits per heavy atom. The van der Waals surface area contributed by atoms with Crippen molar-refractivity contribution in [2.24, 2.45) is 0 Å². The topological polar surface area (TPSA) is 64.4 Å². The fourth-order valence-corrected chi connectivity index (χ4v) is 2.76. The minimum atomic E-state index is -0.269. The zero-order chi connectivity index (χ0) is 15.2. The van der Waals surface area contributed by atoms with Crippen molar-refractivity contribution in [3.63, 3.8) is 0 Å². The van der Waals surface area contributed by atoms with Crippen LogP contribution in [0.3, 0.4) is 0 Å². The molecule has 2 aromatic rings. The molecular weight excluding hydrogens is 284 g/mol. The molecule has 110 valence electrons. The van der Waals surface area contributed by atoms with Gasteiger partial charge in [-0.05, 0) is 30.0 Å². The summed E-state index contributed by atoms with van der Waals surface area (Å²) >= 11 is 1.68. The van der Waals surface area contributed by atoms with Crippen LogP contribution in [0.5, 0.6) is 5.75 Å². The van der Waals surface area contributed by atoms with Crippen LogP contribution in [0.25, 0.3) is 0 Å². The minimum absolute atomic E-state index is 0.269. The Morgan fingerprint density at radius 2 is 2.00 bits per heavy atom. The zero-order valence-corrected chi connectivity index (χ0v) is 12.9. The quantitative estimate of drug-likeness (QED) is 0.654. The van der Waals surface area contributed by atoms with Crippen LogP contribution in [0.4, 0.5) is 11.4 Å². The van der Waals surface area contributed by atoms with E-state index >= 15 is 0 Å². The lowest BCUT2D eigenvalue weighted by Gasteiger charge is -2.13. The lowest BCUT2D eigenvalue weighted by Crippen LogP contribution is -2.15. The van der Waals surface area contributed by atoms with Gasteiger partial charge in [0.05, 0.1) is 12.8 Å². The van der Waals surface area contributed by atoms with E-state index in [1.807, 2.05) is 24.3 Å². The maximum atomic E-state index is 12.5. The smallest absolute Gasteiger partial charge is 0.261 e. The van der Waals surface area contributed by atoms with Crippen molar-refractivity contribution >= 4 is 29.0 Å². The zero-order valence-electron chi connectivity index (χ0n) is 12.1. The second-order valence-electron chi connectivity index (χ2n) is 4.31. The van der Waals surface area contributed by atoms with Gasteiger partial charge in [0.15, 0.2) is 0 Å². The highest BCUT2D eigenvalue weighted by molar-refractivity contribution is 7.99. The third kappa shape index (κ3) is 3.49. The molecule has 5 heteroatoms. The first-order valence-corrected chi connectivity index (χ1v) is 7.61. The van der Waals surface area contributed by atoms with Gasteiger partial charge in [0, 0.05) is 10.6 Å². The molecule has 0 aromatic heterocycles. The van der Waals surface area contributed by atoms with E-state index in [4.69, 9.17) is 10.5 Å². The van der Waals surface area contributed by atoms with Crippen molar-refractivity contribution < 1.29 is 9.53 Å². The molecule has 0 fully saturated rings. The number of ether oxygens (including phenoxy) is 1. The SMILES string of the molecule is CCSc1ccccc1NC(=O)c1c(N)cccc1OC. The second kappa shape index (κ2) is 7.04. The Labute approximate surface area is 128 Å². The number of rotatable bonds is 5. The Balaban J connectivity index is 2.31. The van der Waals surface area contributed by atoms with Crippen molar-refractivity contribution in [1.82, 2.24) is 0 Å². The van der Waals surface area contributed by atoms with Gasteiger partial charge in [-0.15, -0.1) is 11.8 Å². The Kier molecular flexibility index (Phi) is 5.11. The van der Waals surface area contributed by atoms with Crippen molar-refractivity contribution in [3.8, 4) is 5.75 Å². The molecule has 0 saturated heterocycles. The highest BCUT2D eigenvalue weighted by Gasteiger charge is 2.16. The Hall–Kier alpha value is -2.14. The van der Waals surface area contributed by atoms with Crippen LogP contribution in [0, 0.1) is 0 Å². The average Bonchev–Trinajstić information content (AvgIpc) is 2.49. The molecular formula is C16H18N2O2S. The van der Waals surface area contributed by atoms with E-state index in [0.29, 0.717) is 17.0 Å². The Morgan fingerprint density at radius 3 is 2.71 bits per heavy atom. The number of nitrogens with two attached hydrogens (primary N) is 1. The van der Waals surface area contributed by atoms with Crippen molar-refractivity contribution in [3.05, 3.63) is 48.0 Å². The molecule has 0 atom stereocenters. The molecule has 0 saturated carbocycles. The maximum Gasteiger partial charge on any atom is 0.261 e. The molecule has 2 aromatic carbocycles. The van der Waals surface area contributed by atoms with E-state index in [2.05, 4.69) is 12.2 Å². The van der Waals surface area contributed by atoms with E-state index in [0.717, 1.165) is 16.3 Å².